The molecule has 0 aliphatic carbocycles. The molecule has 0 aromatic carbocycles. The predicted octanol–water partition coefficient (Wildman–Crippen LogP) is 0.337. The van der Waals surface area contributed by atoms with Gasteiger partial charge in [-0.1, -0.05) is 0 Å². The molecule has 0 saturated carbocycles. The summed E-state index contributed by atoms with van der Waals surface area (Å²) < 4.78 is 26.4. The third-order valence-electron chi connectivity index (χ3n) is 2.33. The summed E-state index contributed by atoms with van der Waals surface area (Å²) in [5.41, 5.74) is 0. The van der Waals surface area contributed by atoms with Crippen LogP contribution in [0.1, 0.15) is 19.2 Å². The van der Waals surface area contributed by atoms with Gasteiger partial charge in [-0.25, -0.2) is 18.1 Å². The molecule has 0 radical (unpaired) electrons. The van der Waals surface area contributed by atoms with Gasteiger partial charge in [-0.2, -0.15) is 0 Å². The van der Waals surface area contributed by atoms with Crippen molar-refractivity contribution in [2.75, 3.05) is 20.6 Å². The topological polar surface area (TPSA) is 78.1 Å². The molecule has 1 unspecified atom stereocenters. The molecule has 0 aliphatic heterocycles. The Morgan fingerprint density at radius 1 is 1.53 bits per heavy atom. The first-order chi connectivity index (χ1) is 7.81. The zero-order valence-electron chi connectivity index (χ0n) is 10.7. The number of aromatic amines is 1. The van der Waals surface area contributed by atoms with Gasteiger partial charge in [0, 0.05) is 6.04 Å². The lowest BCUT2D eigenvalue weighted by Crippen LogP contribution is -2.35. The van der Waals surface area contributed by atoms with Crippen LogP contribution in [0.15, 0.2) is 11.2 Å². The lowest BCUT2D eigenvalue weighted by atomic mass is 10.2. The Morgan fingerprint density at radius 3 is 2.65 bits per heavy atom. The van der Waals surface area contributed by atoms with Crippen LogP contribution in [0.3, 0.4) is 0 Å². The van der Waals surface area contributed by atoms with Gasteiger partial charge < -0.3 is 9.88 Å². The van der Waals surface area contributed by atoms with Gasteiger partial charge in [-0.05, 0) is 40.9 Å². The van der Waals surface area contributed by atoms with Crippen LogP contribution in [0.4, 0.5) is 0 Å². The molecule has 1 rings (SSSR count). The second kappa shape index (κ2) is 5.61. The molecular weight excluding hydrogens is 240 g/mol. The smallest absolute Gasteiger partial charge is 0.257 e. The Hall–Kier alpha value is -0.920. The minimum absolute atomic E-state index is 0.106. The third kappa shape index (κ3) is 4.45. The fourth-order valence-corrected chi connectivity index (χ4v) is 2.62. The van der Waals surface area contributed by atoms with E-state index in [2.05, 4.69) is 14.7 Å². The number of nitrogens with zero attached hydrogens (tertiary/aromatic N) is 2. The Morgan fingerprint density at radius 2 is 2.18 bits per heavy atom. The molecule has 17 heavy (non-hydrogen) atoms. The zero-order chi connectivity index (χ0) is 13.1. The van der Waals surface area contributed by atoms with Gasteiger partial charge in [0.05, 0.1) is 6.20 Å². The molecule has 0 fully saturated rings. The minimum atomic E-state index is -3.47. The second-order valence-corrected chi connectivity index (χ2v) is 6.13. The van der Waals surface area contributed by atoms with E-state index in [1.54, 1.807) is 6.92 Å². The van der Waals surface area contributed by atoms with E-state index in [1.807, 2.05) is 25.9 Å². The minimum Gasteiger partial charge on any atom is -0.332 e. The van der Waals surface area contributed by atoms with E-state index in [4.69, 9.17) is 0 Å². The highest BCUT2D eigenvalue weighted by Crippen LogP contribution is 2.06. The molecule has 2 N–H and O–H groups in total. The highest BCUT2D eigenvalue weighted by molar-refractivity contribution is 7.89. The molecule has 0 bridgehead atoms. The summed E-state index contributed by atoms with van der Waals surface area (Å²) >= 11 is 0. The third-order valence-corrected chi connectivity index (χ3v) is 3.83. The van der Waals surface area contributed by atoms with E-state index >= 15 is 0 Å². The van der Waals surface area contributed by atoms with Crippen molar-refractivity contribution >= 4 is 10.0 Å². The second-order valence-electron chi connectivity index (χ2n) is 4.45. The number of hydrogen-bond acceptors (Lipinski definition) is 4. The van der Waals surface area contributed by atoms with Crippen LogP contribution in [0.25, 0.3) is 0 Å². The van der Waals surface area contributed by atoms with E-state index < -0.39 is 10.0 Å². The van der Waals surface area contributed by atoms with Crippen molar-refractivity contribution in [1.82, 2.24) is 19.6 Å². The molecule has 98 valence electrons. The number of sulfonamides is 1. The summed E-state index contributed by atoms with van der Waals surface area (Å²) in [6.07, 6.45) is 2.09. The number of imidazole rings is 1. The maximum Gasteiger partial charge on any atom is 0.257 e. The first-order valence-electron chi connectivity index (χ1n) is 5.50. The molecule has 1 aromatic rings. The Bertz CT molecular complexity index is 453. The molecule has 0 spiro atoms. The van der Waals surface area contributed by atoms with Crippen LogP contribution in [0.2, 0.25) is 0 Å². The highest BCUT2D eigenvalue weighted by Gasteiger charge is 2.19. The van der Waals surface area contributed by atoms with Gasteiger partial charge in [-0.3, -0.25) is 0 Å². The summed E-state index contributed by atoms with van der Waals surface area (Å²) in [4.78, 5) is 8.61. The van der Waals surface area contributed by atoms with Gasteiger partial charge in [0.1, 0.15) is 5.82 Å². The van der Waals surface area contributed by atoms with E-state index in [0.717, 1.165) is 13.0 Å². The summed E-state index contributed by atoms with van der Waals surface area (Å²) in [5.74, 6) is 0.589. The molecule has 1 heterocycles. The lowest BCUT2D eigenvalue weighted by molar-refractivity contribution is 0.379. The fraction of sp³-hybridized carbons (Fsp3) is 0.700. The average Bonchev–Trinajstić information content (AvgIpc) is 2.62. The van der Waals surface area contributed by atoms with E-state index in [-0.39, 0.29) is 11.1 Å². The average molecular weight is 260 g/mol. The first-order valence-corrected chi connectivity index (χ1v) is 6.98. The summed E-state index contributed by atoms with van der Waals surface area (Å²) in [6.45, 7) is 4.41. The largest absolute Gasteiger partial charge is 0.332 e. The number of rotatable bonds is 6. The molecule has 1 aromatic heterocycles. The van der Waals surface area contributed by atoms with E-state index in [1.165, 1.54) is 6.20 Å². The molecule has 0 amide bonds. The summed E-state index contributed by atoms with van der Waals surface area (Å²) in [6, 6.07) is -0.106. The monoisotopic (exact) mass is 260 g/mol. The van der Waals surface area contributed by atoms with Crippen LogP contribution in [0.5, 0.6) is 0 Å². The molecule has 1 atom stereocenters. The molecule has 0 aliphatic rings. The Kier molecular flexibility index (Phi) is 4.67. The fourth-order valence-electron chi connectivity index (χ4n) is 1.37. The van der Waals surface area contributed by atoms with Crippen molar-refractivity contribution in [3.8, 4) is 0 Å². The van der Waals surface area contributed by atoms with Crippen molar-refractivity contribution in [3.05, 3.63) is 12.0 Å². The maximum atomic E-state index is 11.9. The lowest BCUT2D eigenvalue weighted by Gasteiger charge is -2.16. The molecule has 0 saturated heterocycles. The maximum absolute atomic E-state index is 11.9. The van der Waals surface area contributed by atoms with Gasteiger partial charge in [0.25, 0.3) is 10.0 Å². The number of H-pyrrole nitrogens is 1. The molecule has 6 nitrogen and oxygen atoms in total. The van der Waals surface area contributed by atoms with Crippen molar-refractivity contribution in [3.63, 3.8) is 0 Å². The Balaban J connectivity index is 2.61. The van der Waals surface area contributed by atoms with Crippen LogP contribution >= 0.6 is 0 Å². The van der Waals surface area contributed by atoms with Gasteiger partial charge in [-0.15, -0.1) is 0 Å². The van der Waals surface area contributed by atoms with E-state index in [9.17, 15) is 8.42 Å². The van der Waals surface area contributed by atoms with Crippen molar-refractivity contribution in [2.45, 2.75) is 31.3 Å². The quantitative estimate of drug-likeness (QED) is 0.773. The summed E-state index contributed by atoms with van der Waals surface area (Å²) in [5, 5.41) is 0.117. The zero-order valence-corrected chi connectivity index (χ0v) is 11.5. The van der Waals surface area contributed by atoms with Crippen LogP contribution in [0, 0.1) is 6.92 Å². The highest BCUT2D eigenvalue weighted by atomic mass is 32.2. The number of hydrogen-bond donors (Lipinski definition) is 2. The standard InChI is InChI=1S/C10H20N4O2S/c1-8(5-6-14(3)4)13-17(15,16)10-7-11-9(2)12-10/h7-8,13H,5-6H2,1-4H3,(H,11,12). The number of nitrogens with one attached hydrogen (secondary N) is 2. The normalized spacial score (nSPS) is 14.2. The van der Waals surface area contributed by atoms with E-state index in [0.29, 0.717) is 5.82 Å². The predicted molar refractivity (Wildman–Crippen MR) is 66.3 cm³/mol. The van der Waals surface area contributed by atoms with Crippen molar-refractivity contribution < 1.29 is 8.42 Å². The van der Waals surface area contributed by atoms with Gasteiger partial charge in [0.15, 0.2) is 5.03 Å². The number of aryl methyl sites for hydroxylation is 1. The Labute approximate surface area is 102 Å². The SMILES string of the molecule is Cc1ncc(S(=O)(=O)NC(C)CCN(C)C)[nH]1. The molecule has 7 heteroatoms. The van der Waals surface area contributed by atoms with Gasteiger partial charge >= 0.3 is 0 Å². The number of aromatic nitrogens is 2. The first kappa shape index (κ1) is 14.1. The van der Waals surface area contributed by atoms with Crippen molar-refractivity contribution in [2.24, 2.45) is 0 Å². The van der Waals surface area contributed by atoms with Crippen LogP contribution < -0.4 is 4.72 Å². The van der Waals surface area contributed by atoms with Gasteiger partial charge in [0.2, 0.25) is 0 Å². The molecular formula is C10H20N4O2S. The summed E-state index contributed by atoms with van der Waals surface area (Å²) in [7, 11) is 0.442. The van der Waals surface area contributed by atoms with Crippen molar-refractivity contribution in [1.29, 1.82) is 0 Å². The van der Waals surface area contributed by atoms with Crippen LogP contribution in [-0.4, -0.2) is 50.0 Å². The van der Waals surface area contributed by atoms with Crippen LogP contribution in [-0.2, 0) is 10.0 Å².